The van der Waals surface area contributed by atoms with Crippen LogP contribution in [0.1, 0.15) is 5.56 Å². The van der Waals surface area contributed by atoms with Crippen LogP contribution in [-0.4, -0.2) is 24.5 Å². The molecule has 0 spiro atoms. The zero-order valence-corrected chi connectivity index (χ0v) is 9.83. The fourth-order valence-electron chi connectivity index (χ4n) is 0.870. The largest absolute Gasteiger partial charge is 0.412 e. The first-order chi connectivity index (χ1) is 4.79. The van der Waals surface area contributed by atoms with Gasteiger partial charge in [0.1, 0.15) is 0 Å². The van der Waals surface area contributed by atoms with Gasteiger partial charge in [0.15, 0.2) is 0 Å². The van der Waals surface area contributed by atoms with Crippen LogP contribution in [0.5, 0.6) is 0 Å². The van der Waals surface area contributed by atoms with Crippen molar-refractivity contribution in [2.75, 3.05) is 14.1 Å². The summed E-state index contributed by atoms with van der Waals surface area (Å²) in [6.45, 7) is 0.973. The molecule has 0 bridgehead atoms. The Hall–Kier alpha value is -0.198. The Bertz CT molecular complexity index is 189. The van der Waals surface area contributed by atoms with Crippen molar-refractivity contribution in [2.24, 2.45) is 0 Å². The summed E-state index contributed by atoms with van der Waals surface area (Å²) in [5.41, 5.74) is 1.24. The van der Waals surface area contributed by atoms with Gasteiger partial charge in [-0.1, -0.05) is 0 Å². The van der Waals surface area contributed by atoms with Gasteiger partial charge in [-0.15, -0.1) is 5.56 Å². The van der Waals surface area contributed by atoms with Crippen molar-refractivity contribution < 1.29 is 25.9 Å². The van der Waals surface area contributed by atoms with E-state index in [4.69, 9.17) is 0 Å². The summed E-state index contributed by atoms with van der Waals surface area (Å²) < 4.78 is 0. The van der Waals surface area contributed by atoms with E-state index in [1.807, 2.05) is 18.2 Å². The number of hydrogen-bond donors (Lipinski definition) is 0. The van der Waals surface area contributed by atoms with Gasteiger partial charge in [-0.3, -0.25) is 0 Å². The molecule has 1 aromatic carbocycles. The Morgan fingerprint density at radius 3 is 2.31 bits per heavy atom. The maximum atomic E-state index is 3.16. The van der Waals surface area contributed by atoms with Gasteiger partial charge < -0.3 is 17.8 Å². The van der Waals surface area contributed by atoms with Gasteiger partial charge in [0.25, 0.3) is 0 Å². The van der Waals surface area contributed by atoms with Crippen LogP contribution in [0.15, 0.2) is 24.3 Å². The molecule has 13 heavy (non-hydrogen) atoms. The molecule has 0 unspecified atom stereocenters. The molecule has 2 N–H and O–H groups in total. The van der Waals surface area contributed by atoms with Crippen molar-refractivity contribution >= 4 is 0 Å². The average molecular weight is 274 g/mol. The third-order valence-corrected chi connectivity index (χ3v) is 1.26. The summed E-state index contributed by atoms with van der Waals surface area (Å²) in [5, 5.41) is 0. The van der Waals surface area contributed by atoms with E-state index < -0.39 is 0 Å². The first kappa shape index (κ1) is 18.6. The van der Waals surface area contributed by atoms with E-state index in [2.05, 4.69) is 31.1 Å². The zero-order valence-electron chi connectivity index (χ0n) is 8.28. The molecule has 0 saturated carbocycles. The van der Waals surface area contributed by atoms with Crippen LogP contribution >= 0.6 is 0 Å². The maximum absolute atomic E-state index is 3.16. The molecule has 0 atom stereocenters. The molecule has 3 heteroatoms. The summed E-state index contributed by atoms with van der Waals surface area (Å²) >= 11 is 0. The smallest absolute Gasteiger partial charge is 0.000120 e. The van der Waals surface area contributed by atoms with Crippen molar-refractivity contribution in [1.29, 1.82) is 0 Å². The molecule has 0 amide bonds. The van der Waals surface area contributed by atoms with Crippen molar-refractivity contribution in [1.82, 2.24) is 4.90 Å². The minimum atomic E-state index is 0. The van der Waals surface area contributed by atoms with Gasteiger partial charge in [0, 0.05) is 27.0 Å². The molecule has 0 saturated heterocycles. The average Bonchev–Trinajstić information content (AvgIpc) is 1.88. The van der Waals surface area contributed by atoms with Crippen LogP contribution in [0.25, 0.3) is 0 Å². The second-order valence-electron chi connectivity index (χ2n) is 2.63. The molecule has 80 valence electrons. The predicted octanol–water partition coefficient (Wildman–Crippen LogP) is 1.17. The molecule has 0 heterocycles. The molecule has 1 aromatic rings. The van der Waals surface area contributed by atoms with Gasteiger partial charge in [-0.25, -0.2) is 0 Å². The molecule has 0 radical (unpaired) electrons. The first-order valence-corrected chi connectivity index (χ1v) is 3.39. The molecule has 0 aliphatic carbocycles. The second kappa shape index (κ2) is 9.89. The number of benzene rings is 1. The van der Waals surface area contributed by atoms with Crippen LogP contribution < -0.4 is 0 Å². The van der Waals surface area contributed by atoms with Gasteiger partial charge in [0.2, 0.25) is 0 Å². The summed E-state index contributed by atoms with van der Waals surface area (Å²) in [6, 6.07) is 11.2. The quantitative estimate of drug-likeness (QED) is 0.588. The van der Waals surface area contributed by atoms with E-state index in [0.717, 1.165) is 6.54 Å². The summed E-state index contributed by atoms with van der Waals surface area (Å²) in [4.78, 5) is 2.13. The Morgan fingerprint density at radius 2 is 1.92 bits per heavy atom. The van der Waals surface area contributed by atoms with E-state index in [-0.39, 0.29) is 33.3 Å². The standard InChI is InChI=1S/C9H12N.CH3.H2O.Pd/c1-10(2)8-9-6-4-3-5-7-9;;;/h3-6H,8H2,1-2H3;1H3;1H2;/q2*-1;;. The van der Waals surface area contributed by atoms with Crippen LogP contribution in [0.4, 0.5) is 0 Å². The topological polar surface area (TPSA) is 34.7 Å². The van der Waals surface area contributed by atoms with E-state index in [1.165, 1.54) is 5.56 Å². The minimum Gasteiger partial charge on any atom is -0.412 e. The van der Waals surface area contributed by atoms with Crippen LogP contribution in [0.3, 0.4) is 0 Å². The van der Waals surface area contributed by atoms with Gasteiger partial charge in [-0.2, -0.15) is 30.3 Å². The molecule has 0 aliphatic rings. The molecular weight excluding hydrogens is 257 g/mol. The van der Waals surface area contributed by atoms with E-state index in [1.54, 1.807) is 0 Å². The fraction of sp³-hybridized carbons (Fsp3) is 0.300. The third kappa shape index (κ3) is 8.14. The first-order valence-electron chi connectivity index (χ1n) is 3.39. The molecular formula is C10H17NOPd-2. The molecule has 2 nitrogen and oxygen atoms in total. The van der Waals surface area contributed by atoms with Crippen molar-refractivity contribution in [2.45, 2.75) is 6.54 Å². The monoisotopic (exact) mass is 273 g/mol. The molecule has 0 aliphatic heterocycles. The predicted molar refractivity (Wildman–Crippen MR) is 52.7 cm³/mol. The third-order valence-electron chi connectivity index (χ3n) is 1.26. The van der Waals surface area contributed by atoms with Gasteiger partial charge in [0.05, 0.1) is 0 Å². The summed E-state index contributed by atoms with van der Waals surface area (Å²) in [5.74, 6) is 0. The van der Waals surface area contributed by atoms with Crippen LogP contribution in [0, 0.1) is 13.5 Å². The Morgan fingerprint density at radius 1 is 1.31 bits per heavy atom. The Kier molecular flexibility index (Phi) is 14.1. The van der Waals surface area contributed by atoms with Crippen LogP contribution in [-0.2, 0) is 27.0 Å². The second-order valence-corrected chi connectivity index (χ2v) is 2.63. The van der Waals surface area contributed by atoms with E-state index in [0.29, 0.717) is 0 Å². The Labute approximate surface area is 94.9 Å². The minimum absolute atomic E-state index is 0. The SMILES string of the molecule is CN(C)Cc1[c-]cccc1.O.[CH3-].[Pd]. The zero-order chi connectivity index (χ0) is 7.40. The number of nitrogens with zero attached hydrogens (tertiary/aromatic N) is 1. The molecule has 0 aromatic heterocycles. The van der Waals surface area contributed by atoms with Gasteiger partial charge in [-0.05, 0) is 14.1 Å². The normalized spacial score (nSPS) is 7.92. The summed E-state index contributed by atoms with van der Waals surface area (Å²) in [7, 11) is 4.11. The van der Waals surface area contributed by atoms with Gasteiger partial charge >= 0.3 is 0 Å². The molecule has 0 fully saturated rings. The maximum Gasteiger partial charge on any atom is 0.000120 e. The van der Waals surface area contributed by atoms with E-state index >= 15 is 0 Å². The summed E-state index contributed by atoms with van der Waals surface area (Å²) in [6.07, 6.45) is 0. The van der Waals surface area contributed by atoms with Crippen LogP contribution in [0.2, 0.25) is 0 Å². The number of hydrogen-bond acceptors (Lipinski definition) is 1. The van der Waals surface area contributed by atoms with Crippen molar-refractivity contribution in [3.8, 4) is 0 Å². The molecule has 1 rings (SSSR count). The van der Waals surface area contributed by atoms with E-state index in [9.17, 15) is 0 Å². The fourth-order valence-corrected chi connectivity index (χ4v) is 0.870. The number of rotatable bonds is 2. The Balaban J connectivity index is -0.000000333. The van der Waals surface area contributed by atoms with Crippen molar-refractivity contribution in [3.05, 3.63) is 43.3 Å². The van der Waals surface area contributed by atoms with Crippen molar-refractivity contribution in [3.63, 3.8) is 0 Å².